The topological polar surface area (TPSA) is 143 Å². The molecular weight excluding hydrogens is 516 g/mol. The van der Waals surface area contributed by atoms with Crippen molar-refractivity contribution in [1.29, 1.82) is 0 Å². The lowest BCUT2D eigenvalue weighted by molar-refractivity contribution is -0.321. The molecule has 0 aromatic heterocycles. The molecular formula is C24H30F4N4O6. The first-order chi connectivity index (χ1) is 17.8. The number of alkyl halides is 3. The van der Waals surface area contributed by atoms with Crippen LogP contribution >= 0.6 is 0 Å². The zero-order valence-corrected chi connectivity index (χ0v) is 20.8. The first-order valence-electron chi connectivity index (χ1n) is 11.9. The van der Waals surface area contributed by atoms with E-state index >= 15 is 0 Å². The lowest BCUT2D eigenvalue weighted by Crippen LogP contribution is -2.55. The molecule has 1 heterocycles. The van der Waals surface area contributed by atoms with Crippen molar-refractivity contribution in [3.63, 3.8) is 0 Å². The molecule has 0 radical (unpaired) electrons. The highest BCUT2D eigenvalue weighted by Crippen LogP contribution is 2.20. The SMILES string of the molecule is CC(C)C[C@H](NC(=O)C(=O)Nc1ccccc1F)C(=O)N[C@@H](C[C@@H]1CCCNC1=O)C(=O)COC(F)(F)F. The number of Topliss-reactive ketones (excluding diaryl/α,β-unsaturated/α-hetero) is 1. The predicted octanol–water partition coefficient (Wildman–Crippen LogP) is 1.80. The van der Waals surface area contributed by atoms with Gasteiger partial charge in [0.2, 0.25) is 11.8 Å². The molecule has 210 valence electrons. The Hall–Kier alpha value is -3.55. The number of benzene rings is 1. The molecule has 0 saturated carbocycles. The number of hydrogen-bond acceptors (Lipinski definition) is 6. The number of piperidine rings is 1. The second-order valence-electron chi connectivity index (χ2n) is 9.22. The van der Waals surface area contributed by atoms with Crippen molar-refractivity contribution in [2.45, 2.75) is 58.0 Å². The predicted molar refractivity (Wildman–Crippen MR) is 126 cm³/mol. The van der Waals surface area contributed by atoms with Crippen LogP contribution < -0.4 is 21.3 Å². The van der Waals surface area contributed by atoms with E-state index in [4.69, 9.17) is 0 Å². The summed E-state index contributed by atoms with van der Waals surface area (Å²) < 4.78 is 54.9. The van der Waals surface area contributed by atoms with Crippen LogP contribution in [-0.2, 0) is 28.7 Å². The molecule has 14 heteroatoms. The van der Waals surface area contributed by atoms with Gasteiger partial charge in [-0.25, -0.2) is 4.39 Å². The van der Waals surface area contributed by atoms with E-state index < -0.39 is 66.2 Å². The normalized spacial score (nSPS) is 17.2. The van der Waals surface area contributed by atoms with Gasteiger partial charge in [-0.2, -0.15) is 0 Å². The van der Waals surface area contributed by atoms with Crippen LogP contribution in [0.15, 0.2) is 24.3 Å². The molecule has 2 rings (SSSR count). The minimum Gasteiger partial charge on any atom is -0.356 e. The van der Waals surface area contributed by atoms with Crippen LogP contribution in [0.4, 0.5) is 23.2 Å². The smallest absolute Gasteiger partial charge is 0.356 e. The number of carbonyl (C=O) groups excluding carboxylic acids is 5. The van der Waals surface area contributed by atoms with Gasteiger partial charge in [0.1, 0.15) is 18.5 Å². The fraction of sp³-hybridized carbons (Fsp3) is 0.542. The van der Waals surface area contributed by atoms with Gasteiger partial charge in [-0.1, -0.05) is 26.0 Å². The van der Waals surface area contributed by atoms with E-state index in [0.29, 0.717) is 19.4 Å². The highest BCUT2D eigenvalue weighted by Gasteiger charge is 2.36. The number of ketones is 1. The van der Waals surface area contributed by atoms with E-state index in [2.05, 4.69) is 26.0 Å². The Balaban J connectivity index is 2.15. The van der Waals surface area contributed by atoms with Crippen LogP contribution in [0.1, 0.15) is 39.5 Å². The van der Waals surface area contributed by atoms with Gasteiger partial charge in [-0.3, -0.25) is 28.7 Å². The van der Waals surface area contributed by atoms with Crippen LogP contribution in [0.2, 0.25) is 0 Å². The van der Waals surface area contributed by atoms with E-state index in [1.165, 1.54) is 18.2 Å². The molecule has 0 aliphatic carbocycles. The van der Waals surface area contributed by atoms with Crippen molar-refractivity contribution in [3.8, 4) is 0 Å². The maximum atomic E-state index is 13.8. The number of nitrogens with one attached hydrogen (secondary N) is 4. The molecule has 1 saturated heterocycles. The fourth-order valence-electron chi connectivity index (χ4n) is 3.81. The van der Waals surface area contributed by atoms with Crippen LogP contribution in [0.3, 0.4) is 0 Å². The Bertz CT molecular complexity index is 1030. The number of ether oxygens (including phenoxy) is 1. The van der Waals surface area contributed by atoms with Gasteiger partial charge in [-0.05, 0) is 43.7 Å². The Morgan fingerprint density at radius 2 is 1.76 bits per heavy atom. The lowest BCUT2D eigenvalue weighted by Gasteiger charge is -2.28. The van der Waals surface area contributed by atoms with E-state index in [1.807, 2.05) is 0 Å². The van der Waals surface area contributed by atoms with Gasteiger partial charge in [0.15, 0.2) is 5.78 Å². The number of rotatable bonds is 11. The molecule has 1 aliphatic heterocycles. The Kier molecular flexibility index (Phi) is 11.2. The summed E-state index contributed by atoms with van der Waals surface area (Å²) in [4.78, 5) is 62.5. The summed E-state index contributed by atoms with van der Waals surface area (Å²) >= 11 is 0. The quantitative estimate of drug-likeness (QED) is 0.246. The van der Waals surface area contributed by atoms with Gasteiger partial charge < -0.3 is 21.3 Å². The van der Waals surface area contributed by atoms with Gasteiger partial charge >= 0.3 is 18.2 Å². The van der Waals surface area contributed by atoms with E-state index in [1.54, 1.807) is 13.8 Å². The summed E-state index contributed by atoms with van der Waals surface area (Å²) in [6.45, 7) is 2.43. The maximum Gasteiger partial charge on any atom is 0.522 e. The van der Waals surface area contributed by atoms with Crippen molar-refractivity contribution in [2.24, 2.45) is 11.8 Å². The molecule has 1 aromatic rings. The molecule has 1 aliphatic rings. The number of amides is 4. The Morgan fingerprint density at radius 1 is 1.08 bits per heavy atom. The van der Waals surface area contributed by atoms with Crippen molar-refractivity contribution in [2.75, 3.05) is 18.5 Å². The lowest BCUT2D eigenvalue weighted by atomic mass is 9.90. The van der Waals surface area contributed by atoms with E-state index in [0.717, 1.165) is 6.07 Å². The zero-order chi connectivity index (χ0) is 28.5. The second kappa shape index (κ2) is 13.8. The molecule has 0 bridgehead atoms. The first-order valence-corrected chi connectivity index (χ1v) is 11.9. The Labute approximate surface area is 216 Å². The van der Waals surface area contributed by atoms with Crippen molar-refractivity contribution >= 4 is 35.1 Å². The molecule has 4 N–H and O–H groups in total. The van der Waals surface area contributed by atoms with Gasteiger partial charge in [0.25, 0.3) is 0 Å². The third kappa shape index (κ3) is 10.1. The average Bonchev–Trinajstić information content (AvgIpc) is 2.83. The zero-order valence-electron chi connectivity index (χ0n) is 20.8. The summed E-state index contributed by atoms with van der Waals surface area (Å²) in [6, 6.07) is 2.19. The van der Waals surface area contributed by atoms with Crippen LogP contribution in [0.25, 0.3) is 0 Å². The van der Waals surface area contributed by atoms with Crippen molar-refractivity contribution < 1.29 is 46.3 Å². The molecule has 10 nitrogen and oxygen atoms in total. The fourth-order valence-corrected chi connectivity index (χ4v) is 3.81. The monoisotopic (exact) mass is 546 g/mol. The van der Waals surface area contributed by atoms with Gasteiger partial charge in [-0.15, -0.1) is 13.2 Å². The molecule has 1 aromatic carbocycles. The van der Waals surface area contributed by atoms with Gasteiger partial charge in [0, 0.05) is 12.5 Å². The second-order valence-corrected chi connectivity index (χ2v) is 9.22. The minimum atomic E-state index is -5.09. The average molecular weight is 547 g/mol. The van der Waals surface area contributed by atoms with Crippen molar-refractivity contribution in [3.05, 3.63) is 30.1 Å². The van der Waals surface area contributed by atoms with Crippen LogP contribution in [0, 0.1) is 17.7 Å². The number of para-hydroxylation sites is 1. The largest absolute Gasteiger partial charge is 0.522 e. The minimum absolute atomic E-state index is 0.00553. The number of anilines is 1. The molecule has 38 heavy (non-hydrogen) atoms. The summed E-state index contributed by atoms with van der Waals surface area (Å²) in [7, 11) is 0. The molecule has 0 spiro atoms. The molecule has 3 atom stereocenters. The third-order valence-electron chi connectivity index (χ3n) is 5.66. The van der Waals surface area contributed by atoms with Crippen molar-refractivity contribution in [1.82, 2.24) is 16.0 Å². The summed E-state index contributed by atoms with van der Waals surface area (Å²) in [5, 5.41) is 9.19. The maximum absolute atomic E-state index is 13.8. The summed E-state index contributed by atoms with van der Waals surface area (Å²) in [6.07, 6.45) is -4.45. The van der Waals surface area contributed by atoms with Crippen LogP contribution in [-0.4, -0.2) is 61.0 Å². The van der Waals surface area contributed by atoms with Crippen LogP contribution in [0.5, 0.6) is 0 Å². The van der Waals surface area contributed by atoms with Gasteiger partial charge in [0.05, 0.1) is 11.7 Å². The number of hydrogen-bond donors (Lipinski definition) is 4. The number of carbonyl (C=O) groups is 5. The third-order valence-corrected chi connectivity index (χ3v) is 5.66. The van der Waals surface area contributed by atoms with E-state index in [-0.39, 0.29) is 24.4 Å². The number of halogens is 4. The first kappa shape index (κ1) is 30.7. The standard InChI is InChI=1S/C24H30F4N4O6/c1-13(2)10-18(32-23(37)22(36)30-16-8-4-3-7-15(16)25)21(35)31-17(19(33)12-38-24(26,27)28)11-14-6-5-9-29-20(14)34/h3-4,7-8,13-14,17-18H,5-6,9-12H2,1-2H3,(H,29,34)(H,30,36)(H,31,35)(H,32,37)/t14-,17-,18-/m0/s1. The summed E-state index contributed by atoms with van der Waals surface area (Å²) in [5.41, 5.74) is -0.265. The molecule has 1 fully saturated rings. The Morgan fingerprint density at radius 3 is 2.37 bits per heavy atom. The highest BCUT2D eigenvalue weighted by molar-refractivity contribution is 6.40. The highest BCUT2D eigenvalue weighted by atomic mass is 19.4. The summed E-state index contributed by atoms with van der Waals surface area (Å²) in [5.74, 6) is -6.75. The molecule has 4 amide bonds. The molecule has 0 unspecified atom stereocenters. The van der Waals surface area contributed by atoms with E-state index in [9.17, 15) is 41.5 Å².